The standard InChI is InChI=1S/C27H24Cl2N6O4/c1-38-18-11-19(39-2)24(29)22(23(18)28)16-4-5-17(26-25(16)31-7-8-32-26)27(37)34-20-6-3-15(12-33-20)13-35-10-9-30-21(36)14-35/h3-8,11-12H,9-10,13-14H2,1-2H3,(H,30,36)(H,33,34,37). The minimum absolute atomic E-state index is 0.00881. The molecule has 2 amide bonds. The van der Waals surface area contributed by atoms with E-state index in [1.54, 1.807) is 30.5 Å². The molecule has 0 aliphatic carbocycles. The summed E-state index contributed by atoms with van der Waals surface area (Å²) in [6.07, 6.45) is 4.72. The van der Waals surface area contributed by atoms with Gasteiger partial charge in [0.2, 0.25) is 5.91 Å². The molecule has 3 heterocycles. The molecule has 1 aliphatic rings. The molecule has 1 aliphatic heterocycles. The van der Waals surface area contributed by atoms with Gasteiger partial charge in [-0.1, -0.05) is 35.3 Å². The molecule has 2 N–H and O–H groups in total. The van der Waals surface area contributed by atoms with Crippen molar-refractivity contribution in [3.63, 3.8) is 0 Å². The molecule has 10 nitrogen and oxygen atoms in total. The lowest BCUT2D eigenvalue weighted by Crippen LogP contribution is -2.47. The van der Waals surface area contributed by atoms with Crippen molar-refractivity contribution in [3.05, 3.63) is 70.1 Å². The van der Waals surface area contributed by atoms with Gasteiger partial charge < -0.3 is 20.1 Å². The normalized spacial score (nSPS) is 13.7. The van der Waals surface area contributed by atoms with Crippen LogP contribution >= 0.6 is 23.2 Å². The third-order valence-electron chi connectivity index (χ3n) is 6.30. The van der Waals surface area contributed by atoms with E-state index in [0.29, 0.717) is 64.7 Å². The molecule has 0 atom stereocenters. The van der Waals surface area contributed by atoms with E-state index in [4.69, 9.17) is 32.7 Å². The average Bonchev–Trinajstić information content (AvgIpc) is 2.94. The van der Waals surface area contributed by atoms with Gasteiger partial charge in [0.05, 0.1) is 41.9 Å². The Morgan fingerprint density at radius 1 is 1.03 bits per heavy atom. The molecule has 2 aromatic carbocycles. The minimum atomic E-state index is -0.402. The summed E-state index contributed by atoms with van der Waals surface area (Å²) in [7, 11) is 2.99. The lowest BCUT2D eigenvalue weighted by Gasteiger charge is -2.26. The number of methoxy groups -OCH3 is 2. The summed E-state index contributed by atoms with van der Waals surface area (Å²) < 4.78 is 10.8. The highest BCUT2D eigenvalue weighted by atomic mass is 35.5. The number of anilines is 1. The summed E-state index contributed by atoms with van der Waals surface area (Å²) in [6, 6.07) is 8.54. The number of nitrogens with one attached hydrogen (secondary N) is 2. The number of carbonyl (C=O) groups excluding carboxylic acids is 2. The molecule has 5 rings (SSSR count). The number of pyridine rings is 1. The first-order chi connectivity index (χ1) is 18.9. The van der Waals surface area contributed by atoms with Crippen LogP contribution in [0.3, 0.4) is 0 Å². The van der Waals surface area contributed by atoms with Crippen LogP contribution in [0, 0.1) is 0 Å². The fourth-order valence-electron chi connectivity index (χ4n) is 4.42. The largest absolute Gasteiger partial charge is 0.495 e. The number of fused-ring (bicyclic) bond motifs is 1. The van der Waals surface area contributed by atoms with Crippen LogP contribution in [-0.4, -0.2) is 65.5 Å². The first-order valence-electron chi connectivity index (χ1n) is 12.0. The lowest BCUT2D eigenvalue weighted by molar-refractivity contribution is -0.124. The number of nitrogens with zero attached hydrogens (tertiary/aromatic N) is 4. The Bertz CT molecular complexity index is 1540. The van der Waals surface area contributed by atoms with E-state index in [1.165, 1.54) is 26.6 Å². The molecule has 0 spiro atoms. The van der Waals surface area contributed by atoms with Gasteiger partial charge in [-0.15, -0.1) is 0 Å². The van der Waals surface area contributed by atoms with Crippen LogP contribution in [0.1, 0.15) is 15.9 Å². The molecule has 2 aromatic heterocycles. The number of amides is 2. The molecule has 200 valence electrons. The summed E-state index contributed by atoms with van der Waals surface area (Å²) in [5.41, 5.74) is 3.05. The quantitative estimate of drug-likeness (QED) is 0.341. The fourth-order valence-corrected chi connectivity index (χ4v) is 5.13. The summed E-state index contributed by atoms with van der Waals surface area (Å²) in [5.74, 6) is 0.745. The van der Waals surface area contributed by atoms with Crippen molar-refractivity contribution in [1.29, 1.82) is 0 Å². The van der Waals surface area contributed by atoms with Crippen LogP contribution in [0.15, 0.2) is 48.9 Å². The zero-order valence-electron chi connectivity index (χ0n) is 21.1. The van der Waals surface area contributed by atoms with Crippen LogP contribution in [0.25, 0.3) is 22.2 Å². The van der Waals surface area contributed by atoms with Gasteiger partial charge in [-0.05, 0) is 17.7 Å². The second kappa shape index (κ2) is 11.4. The number of hydrogen-bond acceptors (Lipinski definition) is 8. The molecule has 0 bridgehead atoms. The first-order valence-corrected chi connectivity index (χ1v) is 12.7. The number of carbonyl (C=O) groups is 2. The number of piperazine rings is 1. The van der Waals surface area contributed by atoms with Crippen molar-refractivity contribution in [2.75, 3.05) is 39.2 Å². The Hall–Kier alpha value is -3.99. The maximum atomic E-state index is 13.3. The number of halogens is 2. The maximum absolute atomic E-state index is 13.3. The molecule has 0 radical (unpaired) electrons. The Balaban J connectivity index is 1.43. The Morgan fingerprint density at radius 2 is 1.74 bits per heavy atom. The van der Waals surface area contributed by atoms with Gasteiger partial charge in [0.1, 0.15) is 22.8 Å². The third-order valence-corrected chi connectivity index (χ3v) is 7.05. The van der Waals surface area contributed by atoms with Crippen LogP contribution in [-0.2, 0) is 11.3 Å². The van der Waals surface area contributed by atoms with Crippen molar-refractivity contribution >= 4 is 51.9 Å². The number of rotatable bonds is 7. The number of hydrogen-bond donors (Lipinski definition) is 2. The number of aromatic nitrogens is 3. The molecule has 1 fully saturated rings. The molecular formula is C27H24Cl2N6O4. The van der Waals surface area contributed by atoms with Crippen LogP contribution in [0.4, 0.5) is 5.82 Å². The van der Waals surface area contributed by atoms with Gasteiger partial charge in [0.25, 0.3) is 5.91 Å². The molecule has 39 heavy (non-hydrogen) atoms. The van der Waals surface area contributed by atoms with Crippen molar-refractivity contribution < 1.29 is 19.1 Å². The molecule has 0 unspecified atom stereocenters. The van der Waals surface area contributed by atoms with E-state index in [9.17, 15) is 9.59 Å². The molecular weight excluding hydrogens is 543 g/mol. The predicted octanol–water partition coefficient (Wildman–Crippen LogP) is 4.20. The van der Waals surface area contributed by atoms with Gasteiger partial charge in [0.15, 0.2) is 0 Å². The predicted molar refractivity (Wildman–Crippen MR) is 149 cm³/mol. The number of ether oxygens (including phenoxy) is 2. The lowest BCUT2D eigenvalue weighted by atomic mass is 9.99. The minimum Gasteiger partial charge on any atom is -0.495 e. The Kier molecular flexibility index (Phi) is 7.78. The molecule has 1 saturated heterocycles. The topological polar surface area (TPSA) is 119 Å². The molecule has 0 saturated carbocycles. The van der Waals surface area contributed by atoms with Crippen LogP contribution < -0.4 is 20.1 Å². The summed E-state index contributed by atoms with van der Waals surface area (Å²) in [5, 5.41) is 6.19. The summed E-state index contributed by atoms with van der Waals surface area (Å²) >= 11 is 13.3. The van der Waals surface area contributed by atoms with Crippen molar-refractivity contribution in [2.24, 2.45) is 0 Å². The fraction of sp³-hybridized carbons (Fsp3) is 0.222. The van der Waals surface area contributed by atoms with E-state index in [1.807, 2.05) is 11.0 Å². The second-order valence-corrected chi connectivity index (χ2v) is 9.52. The molecule has 12 heteroatoms. The van der Waals surface area contributed by atoms with Gasteiger partial charge in [0, 0.05) is 55.4 Å². The second-order valence-electron chi connectivity index (χ2n) is 8.76. The Labute approximate surface area is 234 Å². The van der Waals surface area contributed by atoms with Crippen LogP contribution in [0.2, 0.25) is 10.0 Å². The van der Waals surface area contributed by atoms with Crippen molar-refractivity contribution in [3.8, 4) is 22.6 Å². The van der Waals surface area contributed by atoms with Crippen molar-refractivity contribution in [2.45, 2.75) is 6.54 Å². The van der Waals surface area contributed by atoms with E-state index in [2.05, 4.69) is 25.6 Å². The summed E-state index contributed by atoms with van der Waals surface area (Å²) in [4.78, 5) is 40.2. The zero-order chi connectivity index (χ0) is 27.5. The van der Waals surface area contributed by atoms with Gasteiger partial charge in [-0.25, -0.2) is 4.98 Å². The highest BCUT2D eigenvalue weighted by molar-refractivity contribution is 6.41. The highest BCUT2D eigenvalue weighted by Gasteiger charge is 2.23. The SMILES string of the molecule is COc1cc(OC)c(Cl)c(-c2ccc(C(=O)Nc3ccc(CN4CCNC(=O)C4)cn3)c3nccnc23)c1Cl. The van der Waals surface area contributed by atoms with E-state index >= 15 is 0 Å². The monoisotopic (exact) mass is 566 g/mol. The van der Waals surface area contributed by atoms with Gasteiger partial charge in [-0.3, -0.25) is 24.5 Å². The third kappa shape index (κ3) is 5.44. The summed E-state index contributed by atoms with van der Waals surface area (Å²) in [6.45, 7) is 2.34. The zero-order valence-corrected chi connectivity index (χ0v) is 22.6. The van der Waals surface area contributed by atoms with E-state index < -0.39 is 5.91 Å². The van der Waals surface area contributed by atoms with Gasteiger partial charge >= 0.3 is 0 Å². The number of benzene rings is 2. The maximum Gasteiger partial charge on any atom is 0.259 e. The van der Waals surface area contributed by atoms with Crippen LogP contribution in [0.5, 0.6) is 11.5 Å². The first kappa shape index (κ1) is 26.6. The average molecular weight is 567 g/mol. The smallest absolute Gasteiger partial charge is 0.259 e. The van der Waals surface area contributed by atoms with Gasteiger partial charge in [-0.2, -0.15) is 0 Å². The van der Waals surface area contributed by atoms with Crippen molar-refractivity contribution in [1.82, 2.24) is 25.2 Å². The van der Waals surface area contributed by atoms with E-state index in [0.717, 1.165) is 12.1 Å². The molecule has 4 aromatic rings. The Morgan fingerprint density at radius 3 is 2.38 bits per heavy atom. The highest BCUT2D eigenvalue weighted by Crippen LogP contribution is 2.47. The van der Waals surface area contributed by atoms with E-state index in [-0.39, 0.29) is 16.0 Å².